The Balaban J connectivity index is 2.62. The second-order valence-corrected chi connectivity index (χ2v) is 5.50. The van der Waals surface area contributed by atoms with Crippen LogP contribution in [-0.4, -0.2) is 6.29 Å². The largest absolute Gasteiger partial charge is 0.303 e. The minimum Gasteiger partial charge on any atom is -0.303 e. The van der Waals surface area contributed by atoms with E-state index < -0.39 is 0 Å². The normalized spacial score (nSPS) is 10.5. The summed E-state index contributed by atoms with van der Waals surface area (Å²) < 4.78 is 0. The Labute approximate surface area is 131 Å². The molecule has 98 valence electrons. The maximum Gasteiger partial charge on any atom is 0.124 e. The molecule has 0 saturated heterocycles. The Morgan fingerprint density at radius 1 is 0.895 bits per heavy atom. The highest BCUT2D eigenvalue weighted by atomic mass is 35.5. The average Bonchev–Trinajstić information content (AvgIpc) is 2.37. The van der Waals surface area contributed by atoms with E-state index in [9.17, 15) is 4.79 Å². The molecule has 0 aliphatic rings. The van der Waals surface area contributed by atoms with Gasteiger partial charge in [0.25, 0.3) is 0 Å². The maximum absolute atomic E-state index is 10.6. The molecular weight excluding hydrogens is 326 g/mol. The molecule has 5 heteroatoms. The third-order valence-corrected chi connectivity index (χ3v) is 4.16. The number of carbonyl (C=O) groups is 1. The number of rotatable bonds is 3. The van der Waals surface area contributed by atoms with E-state index in [4.69, 9.17) is 46.4 Å². The molecule has 0 N–H and O–H groups in total. The van der Waals surface area contributed by atoms with E-state index in [1.165, 1.54) is 0 Å². The van der Waals surface area contributed by atoms with Crippen molar-refractivity contribution < 1.29 is 4.79 Å². The third kappa shape index (κ3) is 3.06. The average molecular weight is 334 g/mol. The number of benzene rings is 2. The first-order chi connectivity index (χ1) is 9.04. The van der Waals surface area contributed by atoms with Crippen LogP contribution in [-0.2, 0) is 11.2 Å². The van der Waals surface area contributed by atoms with Crippen LogP contribution in [0.4, 0.5) is 0 Å². The molecular formula is C14H8Cl4O. The number of carbonyl (C=O) groups excluding carboxylic acids is 1. The Bertz CT molecular complexity index is 638. The first-order valence-corrected chi connectivity index (χ1v) is 6.91. The fourth-order valence-electron chi connectivity index (χ4n) is 1.76. The summed E-state index contributed by atoms with van der Waals surface area (Å²) in [6.07, 6.45) is 1.06. The van der Waals surface area contributed by atoms with Crippen LogP contribution in [0.1, 0.15) is 5.56 Å². The summed E-state index contributed by atoms with van der Waals surface area (Å²) in [7, 11) is 0. The van der Waals surface area contributed by atoms with Gasteiger partial charge >= 0.3 is 0 Å². The lowest BCUT2D eigenvalue weighted by Gasteiger charge is -2.11. The molecule has 0 unspecified atom stereocenters. The van der Waals surface area contributed by atoms with Crippen molar-refractivity contribution in [2.75, 3.05) is 0 Å². The minimum absolute atomic E-state index is 0.256. The standard InChI is InChI=1S/C14H8Cl4O/c15-11-7-13(17)12(16)6-10(11)9-3-1-2-8(4-5-19)14(9)18/h1-3,5-7H,4H2. The number of hydrogen-bond acceptors (Lipinski definition) is 1. The molecule has 0 heterocycles. The van der Waals surface area contributed by atoms with Crippen molar-refractivity contribution in [3.63, 3.8) is 0 Å². The van der Waals surface area contributed by atoms with Gasteiger partial charge in [0.15, 0.2) is 0 Å². The summed E-state index contributed by atoms with van der Waals surface area (Å²) in [6, 6.07) is 8.67. The molecule has 0 atom stereocenters. The Morgan fingerprint density at radius 2 is 1.58 bits per heavy atom. The lowest BCUT2D eigenvalue weighted by molar-refractivity contribution is -0.107. The predicted molar refractivity (Wildman–Crippen MR) is 81.7 cm³/mol. The summed E-state index contributed by atoms with van der Waals surface area (Å²) in [5.74, 6) is 0. The number of aldehydes is 1. The minimum atomic E-state index is 0.256. The fraction of sp³-hybridized carbons (Fsp3) is 0.0714. The molecule has 0 spiro atoms. The molecule has 0 bridgehead atoms. The lowest BCUT2D eigenvalue weighted by Crippen LogP contribution is -1.91. The summed E-state index contributed by atoms with van der Waals surface area (Å²) in [4.78, 5) is 10.6. The van der Waals surface area contributed by atoms with Crippen molar-refractivity contribution in [2.24, 2.45) is 0 Å². The van der Waals surface area contributed by atoms with Crippen LogP contribution in [0.3, 0.4) is 0 Å². The van der Waals surface area contributed by atoms with E-state index in [1.807, 2.05) is 12.1 Å². The predicted octanol–water partition coefficient (Wildman–Crippen LogP) is 5.71. The molecule has 0 aliphatic heterocycles. The lowest BCUT2D eigenvalue weighted by atomic mass is 10.0. The third-order valence-electron chi connectivity index (χ3n) is 2.68. The zero-order chi connectivity index (χ0) is 14.0. The highest BCUT2D eigenvalue weighted by Gasteiger charge is 2.13. The van der Waals surface area contributed by atoms with Gasteiger partial charge < -0.3 is 4.79 Å². The van der Waals surface area contributed by atoms with Gasteiger partial charge in [-0.15, -0.1) is 0 Å². The van der Waals surface area contributed by atoms with E-state index in [0.717, 1.165) is 17.4 Å². The van der Waals surface area contributed by atoms with Crippen molar-refractivity contribution in [2.45, 2.75) is 6.42 Å². The Kier molecular flexibility index (Phi) is 4.75. The summed E-state index contributed by atoms with van der Waals surface area (Å²) >= 11 is 24.4. The van der Waals surface area contributed by atoms with Gasteiger partial charge in [0.05, 0.1) is 20.1 Å². The van der Waals surface area contributed by atoms with Crippen LogP contribution in [0.15, 0.2) is 30.3 Å². The quantitative estimate of drug-likeness (QED) is 0.519. The molecule has 0 saturated carbocycles. The van der Waals surface area contributed by atoms with Gasteiger partial charge in [0.1, 0.15) is 6.29 Å². The Hall–Kier alpha value is -0.730. The molecule has 0 fully saturated rings. The first-order valence-electron chi connectivity index (χ1n) is 5.40. The van der Waals surface area contributed by atoms with E-state index >= 15 is 0 Å². The van der Waals surface area contributed by atoms with Crippen molar-refractivity contribution in [1.82, 2.24) is 0 Å². The Morgan fingerprint density at radius 3 is 2.26 bits per heavy atom. The molecule has 1 nitrogen and oxygen atoms in total. The van der Waals surface area contributed by atoms with Gasteiger partial charge in [-0.2, -0.15) is 0 Å². The van der Waals surface area contributed by atoms with Crippen molar-refractivity contribution in [3.05, 3.63) is 56.0 Å². The second kappa shape index (κ2) is 6.15. The van der Waals surface area contributed by atoms with Gasteiger partial charge in [-0.1, -0.05) is 64.6 Å². The molecule has 2 aromatic rings. The van der Waals surface area contributed by atoms with Crippen LogP contribution >= 0.6 is 46.4 Å². The summed E-state index contributed by atoms with van der Waals surface area (Å²) in [6.45, 7) is 0. The SMILES string of the molecule is O=CCc1cccc(-c2cc(Cl)c(Cl)cc2Cl)c1Cl. The van der Waals surface area contributed by atoms with Gasteiger partial charge in [-0.25, -0.2) is 0 Å². The van der Waals surface area contributed by atoms with Crippen molar-refractivity contribution in [1.29, 1.82) is 0 Å². The zero-order valence-electron chi connectivity index (χ0n) is 9.59. The summed E-state index contributed by atoms with van der Waals surface area (Å²) in [5, 5.41) is 1.74. The van der Waals surface area contributed by atoms with E-state index in [0.29, 0.717) is 25.7 Å². The van der Waals surface area contributed by atoms with Gasteiger partial charge in [-0.05, 0) is 17.7 Å². The second-order valence-electron chi connectivity index (χ2n) is 3.90. The van der Waals surface area contributed by atoms with Crippen LogP contribution in [0.2, 0.25) is 20.1 Å². The summed E-state index contributed by atoms with van der Waals surface area (Å²) in [5.41, 5.74) is 2.16. The first kappa shape index (κ1) is 14.7. The molecule has 0 radical (unpaired) electrons. The van der Waals surface area contributed by atoms with Crippen LogP contribution in [0.25, 0.3) is 11.1 Å². The fourth-order valence-corrected chi connectivity index (χ4v) is 2.72. The molecule has 19 heavy (non-hydrogen) atoms. The van der Waals surface area contributed by atoms with Gasteiger partial charge in [-0.3, -0.25) is 0 Å². The van der Waals surface area contributed by atoms with E-state index in [2.05, 4.69) is 0 Å². The van der Waals surface area contributed by atoms with Crippen LogP contribution in [0.5, 0.6) is 0 Å². The zero-order valence-corrected chi connectivity index (χ0v) is 12.6. The van der Waals surface area contributed by atoms with E-state index in [-0.39, 0.29) is 6.42 Å². The molecule has 0 aliphatic carbocycles. The highest BCUT2D eigenvalue weighted by Crippen LogP contribution is 2.39. The van der Waals surface area contributed by atoms with Crippen LogP contribution < -0.4 is 0 Å². The smallest absolute Gasteiger partial charge is 0.124 e. The molecule has 2 aromatic carbocycles. The van der Waals surface area contributed by atoms with Crippen molar-refractivity contribution >= 4 is 52.7 Å². The van der Waals surface area contributed by atoms with Gasteiger partial charge in [0.2, 0.25) is 0 Å². The number of hydrogen-bond donors (Lipinski definition) is 0. The molecule has 0 aromatic heterocycles. The van der Waals surface area contributed by atoms with Crippen molar-refractivity contribution in [3.8, 4) is 11.1 Å². The van der Waals surface area contributed by atoms with Crippen LogP contribution in [0, 0.1) is 0 Å². The molecule has 2 rings (SSSR count). The molecule has 0 amide bonds. The highest BCUT2D eigenvalue weighted by molar-refractivity contribution is 6.44. The topological polar surface area (TPSA) is 17.1 Å². The number of halogens is 4. The maximum atomic E-state index is 10.6. The monoisotopic (exact) mass is 332 g/mol. The van der Waals surface area contributed by atoms with E-state index in [1.54, 1.807) is 18.2 Å². The van der Waals surface area contributed by atoms with Gasteiger partial charge in [0, 0.05) is 17.5 Å².